The zero-order chi connectivity index (χ0) is 15.2. The number of amides is 1. The molecule has 1 amide bonds. The van der Waals surface area contributed by atoms with E-state index in [0.29, 0.717) is 5.75 Å². The monoisotopic (exact) mass is 286 g/mol. The number of hydrogen-bond donors (Lipinski definition) is 2. The number of ether oxygens (including phenoxy) is 1. The molecule has 0 radical (unpaired) electrons. The Hall–Kier alpha value is -2.89. The molecule has 1 aromatic carbocycles. The van der Waals surface area contributed by atoms with E-state index in [4.69, 9.17) is 9.84 Å². The number of para-hydroxylation sites is 1. The molecule has 0 unspecified atom stereocenters. The normalized spacial score (nSPS) is 9.95. The molecule has 21 heavy (non-hydrogen) atoms. The van der Waals surface area contributed by atoms with Crippen molar-refractivity contribution in [3.63, 3.8) is 0 Å². The van der Waals surface area contributed by atoms with Crippen molar-refractivity contribution >= 4 is 17.7 Å². The first-order valence-electron chi connectivity index (χ1n) is 6.21. The Morgan fingerprint density at radius 1 is 1.29 bits per heavy atom. The van der Waals surface area contributed by atoms with Crippen LogP contribution in [0.4, 0.5) is 5.82 Å². The SMILES string of the molecule is COc1ccccc1CC(=O)Nc1cc(C(=O)O)ccn1. The summed E-state index contributed by atoms with van der Waals surface area (Å²) in [4.78, 5) is 26.8. The summed E-state index contributed by atoms with van der Waals surface area (Å²) in [6, 6.07) is 9.86. The number of rotatable bonds is 5. The summed E-state index contributed by atoms with van der Waals surface area (Å²) in [5.74, 6) is -0.540. The van der Waals surface area contributed by atoms with Crippen LogP contribution < -0.4 is 10.1 Å². The van der Waals surface area contributed by atoms with Crippen molar-refractivity contribution in [1.82, 2.24) is 4.98 Å². The van der Waals surface area contributed by atoms with E-state index < -0.39 is 5.97 Å². The molecular formula is C15H14N2O4. The van der Waals surface area contributed by atoms with Crippen LogP contribution in [0, 0.1) is 0 Å². The summed E-state index contributed by atoms with van der Waals surface area (Å²) in [7, 11) is 1.54. The zero-order valence-corrected chi connectivity index (χ0v) is 11.4. The predicted octanol–water partition coefficient (Wildman–Crippen LogP) is 1.97. The maximum Gasteiger partial charge on any atom is 0.335 e. The average Bonchev–Trinajstić information content (AvgIpc) is 2.48. The van der Waals surface area contributed by atoms with Gasteiger partial charge in [0.25, 0.3) is 0 Å². The number of hydrogen-bond acceptors (Lipinski definition) is 4. The summed E-state index contributed by atoms with van der Waals surface area (Å²) < 4.78 is 5.17. The standard InChI is InChI=1S/C15H14N2O4/c1-21-12-5-3-2-4-10(12)9-14(18)17-13-8-11(15(19)20)6-7-16-13/h2-8H,9H2,1H3,(H,19,20)(H,16,17,18). The number of aromatic carboxylic acids is 1. The van der Waals surface area contributed by atoms with Crippen molar-refractivity contribution < 1.29 is 19.4 Å². The van der Waals surface area contributed by atoms with Crippen LogP contribution in [-0.4, -0.2) is 29.1 Å². The van der Waals surface area contributed by atoms with E-state index >= 15 is 0 Å². The molecule has 6 nitrogen and oxygen atoms in total. The number of nitrogens with zero attached hydrogens (tertiary/aromatic N) is 1. The predicted molar refractivity (Wildman–Crippen MR) is 76.5 cm³/mol. The Morgan fingerprint density at radius 2 is 2.05 bits per heavy atom. The second kappa shape index (κ2) is 6.51. The van der Waals surface area contributed by atoms with Crippen molar-refractivity contribution in [1.29, 1.82) is 0 Å². The number of anilines is 1. The van der Waals surface area contributed by atoms with E-state index in [1.165, 1.54) is 25.4 Å². The highest BCUT2D eigenvalue weighted by Crippen LogP contribution is 2.18. The second-order valence-electron chi connectivity index (χ2n) is 4.27. The summed E-state index contributed by atoms with van der Waals surface area (Å²) in [6.45, 7) is 0. The molecule has 6 heteroatoms. The molecule has 0 fully saturated rings. The average molecular weight is 286 g/mol. The Bertz CT molecular complexity index is 670. The van der Waals surface area contributed by atoms with Crippen LogP contribution in [0.1, 0.15) is 15.9 Å². The van der Waals surface area contributed by atoms with Crippen LogP contribution in [0.5, 0.6) is 5.75 Å². The van der Waals surface area contributed by atoms with Crippen LogP contribution >= 0.6 is 0 Å². The van der Waals surface area contributed by atoms with Gasteiger partial charge in [0.05, 0.1) is 19.1 Å². The Balaban J connectivity index is 2.08. The number of aromatic nitrogens is 1. The molecule has 0 aliphatic carbocycles. The van der Waals surface area contributed by atoms with E-state index in [0.717, 1.165) is 5.56 Å². The van der Waals surface area contributed by atoms with Crippen LogP contribution in [0.25, 0.3) is 0 Å². The topological polar surface area (TPSA) is 88.5 Å². The van der Waals surface area contributed by atoms with Crippen molar-refractivity contribution in [2.75, 3.05) is 12.4 Å². The van der Waals surface area contributed by atoms with E-state index in [-0.39, 0.29) is 23.7 Å². The lowest BCUT2D eigenvalue weighted by molar-refractivity contribution is -0.115. The van der Waals surface area contributed by atoms with Crippen LogP contribution in [-0.2, 0) is 11.2 Å². The van der Waals surface area contributed by atoms with Gasteiger partial charge in [-0.15, -0.1) is 0 Å². The number of pyridine rings is 1. The number of carbonyl (C=O) groups excluding carboxylic acids is 1. The molecule has 0 spiro atoms. The first-order chi connectivity index (χ1) is 10.1. The van der Waals surface area contributed by atoms with Gasteiger partial charge in [-0.1, -0.05) is 18.2 Å². The van der Waals surface area contributed by atoms with Gasteiger partial charge in [-0.05, 0) is 18.2 Å². The maximum absolute atomic E-state index is 12.0. The van der Waals surface area contributed by atoms with Gasteiger partial charge in [0, 0.05) is 11.8 Å². The molecule has 0 atom stereocenters. The third-order valence-electron chi connectivity index (χ3n) is 2.82. The highest BCUT2D eigenvalue weighted by molar-refractivity contribution is 5.94. The Labute approximate surface area is 121 Å². The highest BCUT2D eigenvalue weighted by atomic mass is 16.5. The van der Waals surface area contributed by atoms with Crippen LogP contribution in [0.2, 0.25) is 0 Å². The largest absolute Gasteiger partial charge is 0.496 e. The molecule has 0 saturated carbocycles. The number of methoxy groups -OCH3 is 1. The smallest absolute Gasteiger partial charge is 0.335 e. The summed E-state index contributed by atoms with van der Waals surface area (Å²) in [5, 5.41) is 11.5. The van der Waals surface area contributed by atoms with Crippen LogP contribution in [0.3, 0.4) is 0 Å². The quantitative estimate of drug-likeness (QED) is 0.877. The van der Waals surface area contributed by atoms with Crippen molar-refractivity contribution in [3.05, 3.63) is 53.7 Å². The van der Waals surface area contributed by atoms with Gasteiger partial charge in [0.1, 0.15) is 11.6 Å². The molecule has 0 bridgehead atoms. The number of benzene rings is 1. The fourth-order valence-corrected chi connectivity index (χ4v) is 1.84. The summed E-state index contributed by atoms with van der Waals surface area (Å²) in [6.07, 6.45) is 1.45. The van der Waals surface area contributed by atoms with Crippen molar-refractivity contribution in [2.24, 2.45) is 0 Å². The molecule has 1 heterocycles. The number of nitrogens with one attached hydrogen (secondary N) is 1. The first kappa shape index (κ1) is 14.5. The molecule has 0 aliphatic rings. The number of carbonyl (C=O) groups is 2. The van der Waals surface area contributed by atoms with Gasteiger partial charge in [-0.25, -0.2) is 9.78 Å². The molecular weight excluding hydrogens is 272 g/mol. The Morgan fingerprint density at radius 3 is 2.76 bits per heavy atom. The lowest BCUT2D eigenvalue weighted by atomic mass is 10.1. The van der Waals surface area contributed by atoms with Gasteiger partial charge in [0.15, 0.2) is 0 Å². The lowest BCUT2D eigenvalue weighted by Crippen LogP contribution is -2.16. The number of carboxylic acids is 1. The minimum Gasteiger partial charge on any atom is -0.496 e. The lowest BCUT2D eigenvalue weighted by Gasteiger charge is -2.08. The van der Waals surface area contributed by atoms with Gasteiger partial charge in [-0.2, -0.15) is 0 Å². The van der Waals surface area contributed by atoms with E-state index in [2.05, 4.69) is 10.3 Å². The Kier molecular flexibility index (Phi) is 4.50. The van der Waals surface area contributed by atoms with Crippen molar-refractivity contribution in [2.45, 2.75) is 6.42 Å². The minimum absolute atomic E-state index is 0.0672. The highest BCUT2D eigenvalue weighted by Gasteiger charge is 2.10. The van der Waals surface area contributed by atoms with Gasteiger partial charge < -0.3 is 15.2 Å². The second-order valence-corrected chi connectivity index (χ2v) is 4.27. The zero-order valence-electron chi connectivity index (χ0n) is 11.4. The third kappa shape index (κ3) is 3.79. The summed E-state index contributed by atoms with van der Waals surface area (Å²) >= 11 is 0. The first-order valence-corrected chi connectivity index (χ1v) is 6.21. The van der Waals surface area contributed by atoms with E-state index in [1.807, 2.05) is 12.1 Å². The molecule has 0 aliphatic heterocycles. The molecule has 1 aromatic heterocycles. The molecule has 2 rings (SSSR count). The molecule has 108 valence electrons. The van der Waals surface area contributed by atoms with Crippen molar-refractivity contribution in [3.8, 4) is 5.75 Å². The van der Waals surface area contributed by atoms with Gasteiger partial charge >= 0.3 is 5.97 Å². The maximum atomic E-state index is 12.0. The van der Waals surface area contributed by atoms with Crippen LogP contribution in [0.15, 0.2) is 42.6 Å². The van der Waals surface area contributed by atoms with E-state index in [9.17, 15) is 9.59 Å². The fourth-order valence-electron chi connectivity index (χ4n) is 1.84. The van der Waals surface area contributed by atoms with E-state index in [1.54, 1.807) is 12.1 Å². The van der Waals surface area contributed by atoms with Gasteiger partial charge in [0.2, 0.25) is 5.91 Å². The number of carboxylic acid groups (broad SMARTS) is 1. The molecule has 2 aromatic rings. The summed E-state index contributed by atoms with van der Waals surface area (Å²) in [5.41, 5.74) is 0.810. The third-order valence-corrected chi connectivity index (χ3v) is 2.82. The van der Waals surface area contributed by atoms with Gasteiger partial charge in [-0.3, -0.25) is 4.79 Å². The molecule has 0 saturated heterocycles. The minimum atomic E-state index is -1.07. The fraction of sp³-hybridized carbons (Fsp3) is 0.133. The molecule has 2 N–H and O–H groups in total.